The number of fused-ring (bicyclic) bond motifs is 1. The number of carbonyl (C=O) groups is 1. The van der Waals surface area contributed by atoms with Crippen LogP contribution in [0.2, 0.25) is 0 Å². The van der Waals surface area contributed by atoms with Gasteiger partial charge in [-0.05, 0) is 23.8 Å². The standard InChI is InChI=1S/C16H11NO4/c18-11-16(10-9-12-3-1-2-4-15(12)16)21-14-7-5-13(6-8-14)17(19)20/h1-11H. The summed E-state index contributed by atoms with van der Waals surface area (Å²) in [5.74, 6) is 0.397. The van der Waals surface area contributed by atoms with E-state index < -0.39 is 10.5 Å². The molecule has 0 aliphatic heterocycles. The average molecular weight is 281 g/mol. The van der Waals surface area contributed by atoms with Crippen LogP contribution in [-0.2, 0) is 10.4 Å². The molecule has 3 rings (SSSR count). The molecule has 0 heterocycles. The van der Waals surface area contributed by atoms with E-state index in [1.54, 1.807) is 6.08 Å². The highest BCUT2D eigenvalue weighted by Crippen LogP contribution is 2.36. The zero-order valence-electron chi connectivity index (χ0n) is 10.9. The quantitative estimate of drug-likeness (QED) is 0.490. The summed E-state index contributed by atoms with van der Waals surface area (Å²) in [4.78, 5) is 21.7. The van der Waals surface area contributed by atoms with Gasteiger partial charge in [-0.15, -0.1) is 0 Å². The van der Waals surface area contributed by atoms with Crippen molar-refractivity contribution in [2.45, 2.75) is 5.60 Å². The number of nitro groups is 1. The summed E-state index contributed by atoms with van der Waals surface area (Å²) in [6.07, 6.45) is 4.25. The predicted molar refractivity (Wildman–Crippen MR) is 76.9 cm³/mol. The van der Waals surface area contributed by atoms with E-state index in [-0.39, 0.29) is 5.69 Å². The smallest absolute Gasteiger partial charge is 0.269 e. The minimum atomic E-state index is -1.17. The fourth-order valence-corrected chi connectivity index (χ4v) is 2.35. The number of hydrogen-bond acceptors (Lipinski definition) is 4. The van der Waals surface area contributed by atoms with E-state index in [1.165, 1.54) is 24.3 Å². The van der Waals surface area contributed by atoms with Gasteiger partial charge in [0, 0.05) is 17.7 Å². The van der Waals surface area contributed by atoms with E-state index in [4.69, 9.17) is 4.74 Å². The summed E-state index contributed by atoms with van der Waals surface area (Å²) >= 11 is 0. The van der Waals surface area contributed by atoms with Crippen molar-refractivity contribution in [3.05, 3.63) is 75.8 Å². The van der Waals surface area contributed by atoms with Crippen LogP contribution >= 0.6 is 0 Å². The Morgan fingerprint density at radius 2 is 1.81 bits per heavy atom. The van der Waals surface area contributed by atoms with E-state index in [2.05, 4.69) is 0 Å². The fourth-order valence-electron chi connectivity index (χ4n) is 2.35. The Labute approximate surface area is 120 Å². The Balaban J connectivity index is 1.94. The highest BCUT2D eigenvalue weighted by atomic mass is 16.6. The van der Waals surface area contributed by atoms with Gasteiger partial charge in [0.05, 0.1) is 4.92 Å². The molecule has 1 atom stereocenters. The highest BCUT2D eigenvalue weighted by Gasteiger charge is 2.37. The molecule has 0 saturated carbocycles. The van der Waals surface area contributed by atoms with Crippen molar-refractivity contribution in [3.8, 4) is 5.75 Å². The van der Waals surface area contributed by atoms with E-state index in [9.17, 15) is 14.9 Å². The summed E-state index contributed by atoms with van der Waals surface area (Å²) in [6.45, 7) is 0. The molecular formula is C16H11NO4. The third-order valence-electron chi connectivity index (χ3n) is 3.40. The van der Waals surface area contributed by atoms with Gasteiger partial charge in [-0.3, -0.25) is 14.9 Å². The van der Waals surface area contributed by atoms with Crippen molar-refractivity contribution in [3.63, 3.8) is 0 Å². The monoisotopic (exact) mass is 281 g/mol. The number of rotatable bonds is 4. The summed E-state index contributed by atoms with van der Waals surface area (Å²) in [5, 5.41) is 10.6. The summed E-state index contributed by atoms with van der Waals surface area (Å²) < 4.78 is 5.80. The lowest BCUT2D eigenvalue weighted by Gasteiger charge is -2.24. The molecular weight excluding hydrogens is 270 g/mol. The molecule has 0 N–H and O–H groups in total. The zero-order valence-corrected chi connectivity index (χ0v) is 10.9. The average Bonchev–Trinajstić information content (AvgIpc) is 2.87. The van der Waals surface area contributed by atoms with E-state index in [0.717, 1.165) is 17.4 Å². The second kappa shape index (κ2) is 4.86. The topological polar surface area (TPSA) is 69.4 Å². The van der Waals surface area contributed by atoms with Crippen LogP contribution in [0.25, 0.3) is 6.08 Å². The maximum atomic E-state index is 11.6. The van der Waals surface area contributed by atoms with Crippen LogP contribution in [0.5, 0.6) is 5.75 Å². The lowest BCUT2D eigenvalue weighted by atomic mass is 9.97. The van der Waals surface area contributed by atoms with Gasteiger partial charge in [0.1, 0.15) is 5.75 Å². The molecule has 104 valence electrons. The molecule has 0 amide bonds. The molecule has 0 saturated heterocycles. The Morgan fingerprint density at radius 3 is 2.48 bits per heavy atom. The van der Waals surface area contributed by atoms with E-state index in [0.29, 0.717) is 5.75 Å². The Hall–Kier alpha value is -2.95. The van der Waals surface area contributed by atoms with Gasteiger partial charge in [0.2, 0.25) is 5.60 Å². The van der Waals surface area contributed by atoms with Crippen LogP contribution in [0.3, 0.4) is 0 Å². The fraction of sp³-hybridized carbons (Fsp3) is 0.0625. The molecule has 0 radical (unpaired) electrons. The molecule has 21 heavy (non-hydrogen) atoms. The Morgan fingerprint density at radius 1 is 1.10 bits per heavy atom. The van der Waals surface area contributed by atoms with Gasteiger partial charge in [-0.1, -0.05) is 30.3 Å². The van der Waals surface area contributed by atoms with Crippen LogP contribution in [0.15, 0.2) is 54.6 Å². The van der Waals surface area contributed by atoms with E-state index in [1.807, 2.05) is 30.3 Å². The second-order valence-electron chi connectivity index (χ2n) is 4.68. The van der Waals surface area contributed by atoms with Crippen LogP contribution in [0.4, 0.5) is 5.69 Å². The van der Waals surface area contributed by atoms with Crippen LogP contribution < -0.4 is 4.74 Å². The van der Waals surface area contributed by atoms with Crippen molar-refractivity contribution >= 4 is 18.0 Å². The van der Waals surface area contributed by atoms with Crippen molar-refractivity contribution in [2.24, 2.45) is 0 Å². The first-order valence-electron chi connectivity index (χ1n) is 6.33. The predicted octanol–water partition coefficient (Wildman–Crippen LogP) is 3.09. The summed E-state index contributed by atoms with van der Waals surface area (Å²) in [7, 11) is 0. The normalized spacial score (nSPS) is 19.0. The first kappa shape index (κ1) is 13.1. The maximum Gasteiger partial charge on any atom is 0.269 e. The molecule has 0 spiro atoms. The summed E-state index contributed by atoms with van der Waals surface area (Å²) in [5.41, 5.74) is 0.488. The molecule has 1 aliphatic carbocycles. The Kier molecular flexibility index (Phi) is 3.02. The number of carbonyl (C=O) groups excluding carboxylic acids is 1. The minimum Gasteiger partial charge on any atom is -0.471 e. The number of non-ortho nitro benzene ring substituents is 1. The van der Waals surface area contributed by atoms with Gasteiger partial charge in [0.15, 0.2) is 6.29 Å². The van der Waals surface area contributed by atoms with Crippen molar-refractivity contribution < 1.29 is 14.5 Å². The second-order valence-corrected chi connectivity index (χ2v) is 4.68. The van der Waals surface area contributed by atoms with Crippen LogP contribution in [0, 0.1) is 10.1 Å². The number of aldehydes is 1. The Bertz CT molecular complexity index is 736. The number of ether oxygens (including phenoxy) is 1. The van der Waals surface area contributed by atoms with Crippen molar-refractivity contribution in [1.29, 1.82) is 0 Å². The SMILES string of the molecule is O=CC1(Oc2ccc([N+](=O)[O-])cc2)C=Cc2ccccc21. The van der Waals surface area contributed by atoms with Gasteiger partial charge in [0.25, 0.3) is 5.69 Å². The number of benzene rings is 2. The van der Waals surface area contributed by atoms with Crippen LogP contribution in [-0.4, -0.2) is 11.2 Å². The van der Waals surface area contributed by atoms with Gasteiger partial charge < -0.3 is 4.74 Å². The van der Waals surface area contributed by atoms with Gasteiger partial charge >= 0.3 is 0 Å². The molecule has 2 aromatic carbocycles. The molecule has 0 bridgehead atoms. The molecule has 5 nitrogen and oxygen atoms in total. The molecule has 1 unspecified atom stereocenters. The number of nitro benzene ring substituents is 1. The molecule has 0 aromatic heterocycles. The summed E-state index contributed by atoms with van der Waals surface area (Å²) in [6, 6.07) is 13.1. The third-order valence-corrected chi connectivity index (χ3v) is 3.40. The lowest BCUT2D eigenvalue weighted by molar-refractivity contribution is -0.384. The van der Waals surface area contributed by atoms with E-state index >= 15 is 0 Å². The lowest BCUT2D eigenvalue weighted by Crippen LogP contribution is -2.31. The molecule has 1 aliphatic rings. The maximum absolute atomic E-state index is 11.6. The zero-order chi connectivity index (χ0) is 14.9. The van der Waals surface area contributed by atoms with Crippen molar-refractivity contribution in [2.75, 3.05) is 0 Å². The largest absolute Gasteiger partial charge is 0.471 e. The number of nitrogens with zero attached hydrogens (tertiary/aromatic N) is 1. The highest BCUT2D eigenvalue weighted by molar-refractivity contribution is 5.80. The first-order chi connectivity index (χ1) is 10.1. The van der Waals surface area contributed by atoms with Crippen LogP contribution in [0.1, 0.15) is 11.1 Å². The number of hydrogen-bond donors (Lipinski definition) is 0. The van der Waals surface area contributed by atoms with Gasteiger partial charge in [-0.25, -0.2) is 0 Å². The first-order valence-corrected chi connectivity index (χ1v) is 6.33. The van der Waals surface area contributed by atoms with Crippen molar-refractivity contribution in [1.82, 2.24) is 0 Å². The molecule has 2 aromatic rings. The third kappa shape index (κ3) is 2.18. The van der Waals surface area contributed by atoms with Gasteiger partial charge in [-0.2, -0.15) is 0 Å². The molecule has 0 fully saturated rings. The minimum absolute atomic E-state index is 0.0233. The molecule has 5 heteroatoms.